The molecule has 2 fully saturated rings. The minimum Gasteiger partial charge on any atom is -0.366 e. The van der Waals surface area contributed by atoms with E-state index in [2.05, 4.69) is 11.8 Å². The fourth-order valence-corrected chi connectivity index (χ4v) is 4.91. The second-order valence-electron chi connectivity index (χ2n) is 8.53. The van der Waals surface area contributed by atoms with Gasteiger partial charge in [0.05, 0.1) is 5.57 Å². The van der Waals surface area contributed by atoms with Gasteiger partial charge in [-0.3, -0.25) is 14.5 Å². The van der Waals surface area contributed by atoms with Gasteiger partial charge in [0.15, 0.2) is 0 Å². The molecule has 0 aromatic heterocycles. The molecule has 1 aliphatic carbocycles. The molecule has 0 unspecified atom stereocenters. The first-order valence-corrected chi connectivity index (χ1v) is 11.1. The van der Waals surface area contributed by atoms with Gasteiger partial charge in [-0.15, -0.1) is 0 Å². The van der Waals surface area contributed by atoms with Gasteiger partial charge in [-0.2, -0.15) is 0 Å². The molecule has 4 nitrogen and oxygen atoms in total. The van der Waals surface area contributed by atoms with Crippen LogP contribution in [0.4, 0.5) is 0 Å². The summed E-state index contributed by atoms with van der Waals surface area (Å²) in [7, 11) is 0. The lowest BCUT2D eigenvalue weighted by Gasteiger charge is -2.33. The molecule has 0 spiro atoms. The van der Waals surface area contributed by atoms with Crippen LogP contribution in [0.5, 0.6) is 0 Å². The molecule has 1 saturated carbocycles. The Kier molecular flexibility index (Phi) is 5.77. The molecule has 2 amide bonds. The standard InChI is InChI=1S/C23H29ClN2O2/c1-16-12-14-25(15-13-16)21-20(17-8-10-18(24)11-9-17)22(27)26(23(21)28)19-6-4-2-3-5-7-19/h8-11,16,19H,2-7,12-15H2,1H3. The Hall–Kier alpha value is -1.81. The summed E-state index contributed by atoms with van der Waals surface area (Å²) in [4.78, 5) is 30.8. The zero-order chi connectivity index (χ0) is 19.7. The molecule has 150 valence electrons. The molecule has 3 aliphatic rings. The summed E-state index contributed by atoms with van der Waals surface area (Å²) >= 11 is 6.06. The van der Waals surface area contributed by atoms with E-state index in [0.717, 1.165) is 57.2 Å². The van der Waals surface area contributed by atoms with E-state index in [1.807, 2.05) is 12.1 Å². The van der Waals surface area contributed by atoms with Gasteiger partial charge in [-0.1, -0.05) is 56.3 Å². The van der Waals surface area contributed by atoms with Crippen LogP contribution in [0.25, 0.3) is 5.57 Å². The van der Waals surface area contributed by atoms with Crippen molar-refractivity contribution in [3.63, 3.8) is 0 Å². The van der Waals surface area contributed by atoms with Crippen molar-refractivity contribution in [2.24, 2.45) is 5.92 Å². The summed E-state index contributed by atoms with van der Waals surface area (Å²) in [5.74, 6) is 0.463. The summed E-state index contributed by atoms with van der Waals surface area (Å²) in [6.45, 7) is 3.93. The molecule has 0 atom stereocenters. The van der Waals surface area contributed by atoms with Crippen molar-refractivity contribution < 1.29 is 9.59 Å². The maximum absolute atomic E-state index is 13.5. The maximum Gasteiger partial charge on any atom is 0.278 e. The van der Waals surface area contributed by atoms with Crippen molar-refractivity contribution in [2.45, 2.75) is 64.3 Å². The monoisotopic (exact) mass is 400 g/mol. The number of halogens is 1. The third-order valence-electron chi connectivity index (χ3n) is 6.51. The van der Waals surface area contributed by atoms with E-state index in [-0.39, 0.29) is 17.9 Å². The van der Waals surface area contributed by atoms with Crippen molar-refractivity contribution in [2.75, 3.05) is 13.1 Å². The van der Waals surface area contributed by atoms with Crippen molar-refractivity contribution in [3.05, 3.63) is 40.5 Å². The van der Waals surface area contributed by atoms with E-state index in [9.17, 15) is 9.59 Å². The molecule has 5 heteroatoms. The first-order valence-electron chi connectivity index (χ1n) is 10.7. The van der Waals surface area contributed by atoms with E-state index >= 15 is 0 Å². The number of benzene rings is 1. The van der Waals surface area contributed by atoms with Crippen LogP contribution >= 0.6 is 11.6 Å². The number of likely N-dealkylation sites (tertiary alicyclic amines) is 1. The number of carbonyl (C=O) groups is 2. The molecule has 1 aromatic rings. The highest BCUT2D eigenvalue weighted by molar-refractivity contribution is 6.36. The zero-order valence-corrected chi connectivity index (χ0v) is 17.4. The second-order valence-corrected chi connectivity index (χ2v) is 8.96. The summed E-state index contributed by atoms with van der Waals surface area (Å²) in [6.07, 6.45) is 8.54. The van der Waals surface area contributed by atoms with Crippen molar-refractivity contribution in [3.8, 4) is 0 Å². The Morgan fingerprint density at radius 1 is 0.857 bits per heavy atom. The van der Waals surface area contributed by atoms with Gasteiger partial charge in [0.1, 0.15) is 5.70 Å². The first-order chi connectivity index (χ1) is 13.6. The number of amides is 2. The molecular weight excluding hydrogens is 372 g/mol. The Bertz CT molecular complexity index is 770. The molecule has 0 radical (unpaired) electrons. The molecule has 1 saturated heterocycles. The maximum atomic E-state index is 13.5. The molecule has 2 aliphatic heterocycles. The van der Waals surface area contributed by atoms with Crippen molar-refractivity contribution in [1.29, 1.82) is 0 Å². The summed E-state index contributed by atoms with van der Waals surface area (Å²) < 4.78 is 0. The minimum atomic E-state index is -0.118. The van der Waals surface area contributed by atoms with Gasteiger partial charge in [0.2, 0.25) is 0 Å². The highest BCUT2D eigenvalue weighted by Gasteiger charge is 2.45. The van der Waals surface area contributed by atoms with Crippen LogP contribution in [0.15, 0.2) is 30.0 Å². The molecule has 0 bridgehead atoms. The lowest BCUT2D eigenvalue weighted by molar-refractivity contribution is -0.140. The van der Waals surface area contributed by atoms with Gasteiger partial charge >= 0.3 is 0 Å². The SMILES string of the molecule is CC1CCN(C2=C(c3ccc(Cl)cc3)C(=O)N(C3CCCCCC3)C2=O)CC1. The summed E-state index contributed by atoms with van der Waals surface area (Å²) in [5.41, 5.74) is 1.98. The highest BCUT2D eigenvalue weighted by Crippen LogP contribution is 2.37. The van der Waals surface area contributed by atoms with Crippen LogP contribution in [0.1, 0.15) is 63.9 Å². The average Bonchev–Trinajstić information content (AvgIpc) is 2.85. The number of nitrogens with zero attached hydrogens (tertiary/aromatic N) is 2. The van der Waals surface area contributed by atoms with Crippen molar-refractivity contribution in [1.82, 2.24) is 9.80 Å². The number of rotatable bonds is 3. The topological polar surface area (TPSA) is 40.6 Å². The van der Waals surface area contributed by atoms with E-state index in [1.54, 1.807) is 17.0 Å². The molecule has 0 N–H and O–H groups in total. The zero-order valence-electron chi connectivity index (χ0n) is 16.6. The number of hydrogen-bond acceptors (Lipinski definition) is 3. The Morgan fingerprint density at radius 3 is 2.07 bits per heavy atom. The Morgan fingerprint density at radius 2 is 1.46 bits per heavy atom. The van der Waals surface area contributed by atoms with E-state index in [1.165, 1.54) is 12.8 Å². The quantitative estimate of drug-likeness (QED) is 0.536. The highest BCUT2D eigenvalue weighted by atomic mass is 35.5. The largest absolute Gasteiger partial charge is 0.366 e. The van der Waals surface area contributed by atoms with E-state index < -0.39 is 0 Å². The van der Waals surface area contributed by atoms with Gasteiger partial charge in [-0.05, 0) is 49.3 Å². The van der Waals surface area contributed by atoms with Gasteiger partial charge in [0, 0.05) is 24.2 Å². The normalized spacial score (nSPS) is 22.9. The fourth-order valence-electron chi connectivity index (χ4n) is 4.78. The lowest BCUT2D eigenvalue weighted by atomic mass is 9.97. The van der Waals surface area contributed by atoms with Gasteiger partial charge in [0.25, 0.3) is 11.8 Å². The molecule has 1 aromatic carbocycles. The third kappa shape index (κ3) is 3.71. The van der Waals surface area contributed by atoms with Crippen LogP contribution in [-0.4, -0.2) is 40.7 Å². The molecular formula is C23H29ClN2O2. The third-order valence-corrected chi connectivity index (χ3v) is 6.77. The Labute approximate surface area is 172 Å². The van der Waals surface area contributed by atoms with Crippen LogP contribution in [0, 0.1) is 5.92 Å². The number of carbonyl (C=O) groups excluding carboxylic acids is 2. The first kappa shape index (κ1) is 19.5. The van der Waals surface area contributed by atoms with Gasteiger partial charge in [-0.25, -0.2) is 0 Å². The van der Waals surface area contributed by atoms with Crippen LogP contribution in [-0.2, 0) is 9.59 Å². The molecule has 2 heterocycles. The minimum absolute atomic E-state index is 0.0333. The van der Waals surface area contributed by atoms with E-state index in [4.69, 9.17) is 11.6 Å². The van der Waals surface area contributed by atoms with Crippen molar-refractivity contribution >= 4 is 29.0 Å². The second kappa shape index (κ2) is 8.28. The summed E-state index contributed by atoms with van der Waals surface area (Å²) in [5, 5.41) is 0.634. The smallest absolute Gasteiger partial charge is 0.278 e. The number of piperidine rings is 1. The predicted molar refractivity (Wildman–Crippen MR) is 112 cm³/mol. The van der Waals surface area contributed by atoms with E-state index in [0.29, 0.717) is 22.2 Å². The van der Waals surface area contributed by atoms with Crippen LogP contribution in [0.3, 0.4) is 0 Å². The van der Waals surface area contributed by atoms with Gasteiger partial charge < -0.3 is 4.90 Å². The number of imide groups is 1. The molecule has 28 heavy (non-hydrogen) atoms. The fraction of sp³-hybridized carbons (Fsp3) is 0.565. The Balaban J connectivity index is 1.72. The van der Waals surface area contributed by atoms with Crippen LogP contribution in [0.2, 0.25) is 5.02 Å². The molecule has 4 rings (SSSR count). The summed E-state index contributed by atoms with van der Waals surface area (Å²) in [6, 6.07) is 7.36. The average molecular weight is 401 g/mol. The lowest BCUT2D eigenvalue weighted by Crippen LogP contribution is -2.43. The number of hydrogen-bond donors (Lipinski definition) is 0. The van der Waals surface area contributed by atoms with Crippen LogP contribution < -0.4 is 0 Å². The predicted octanol–water partition coefficient (Wildman–Crippen LogP) is 4.87.